The molecule has 4 heteroatoms. The first-order valence-corrected chi connectivity index (χ1v) is 7.25. The van der Waals surface area contributed by atoms with Gasteiger partial charge in [0.2, 0.25) is 5.91 Å². The van der Waals surface area contributed by atoms with E-state index in [4.69, 9.17) is 10.5 Å². The lowest BCUT2D eigenvalue weighted by Gasteiger charge is -2.15. The van der Waals surface area contributed by atoms with Gasteiger partial charge in [-0.3, -0.25) is 4.79 Å². The zero-order chi connectivity index (χ0) is 15.0. The highest BCUT2D eigenvalue weighted by molar-refractivity contribution is 5.75. The van der Waals surface area contributed by atoms with E-state index in [2.05, 4.69) is 25.2 Å². The molecule has 0 saturated carbocycles. The molecule has 3 N–H and O–H groups in total. The van der Waals surface area contributed by atoms with Gasteiger partial charge in [-0.2, -0.15) is 0 Å². The van der Waals surface area contributed by atoms with Crippen molar-refractivity contribution in [3.05, 3.63) is 29.3 Å². The topological polar surface area (TPSA) is 64.3 Å². The maximum absolute atomic E-state index is 11.1. The lowest BCUT2D eigenvalue weighted by molar-refractivity contribution is -0.120. The summed E-state index contributed by atoms with van der Waals surface area (Å²) in [5, 5.41) is 2.61. The molecular weight excluding hydrogens is 252 g/mol. The molecule has 1 aromatic rings. The first-order chi connectivity index (χ1) is 9.56. The van der Waals surface area contributed by atoms with Crippen molar-refractivity contribution in [3.63, 3.8) is 0 Å². The number of nitrogens with two attached hydrogens (primary N) is 1. The first kappa shape index (κ1) is 16.5. The largest absolute Gasteiger partial charge is 0.493 e. The van der Waals surface area contributed by atoms with E-state index in [-0.39, 0.29) is 11.9 Å². The van der Waals surface area contributed by atoms with Gasteiger partial charge < -0.3 is 15.8 Å². The summed E-state index contributed by atoms with van der Waals surface area (Å²) in [6.07, 6.45) is 2.98. The van der Waals surface area contributed by atoms with Crippen LogP contribution in [0.4, 0.5) is 0 Å². The van der Waals surface area contributed by atoms with Crippen LogP contribution in [0.25, 0.3) is 0 Å². The first-order valence-electron chi connectivity index (χ1n) is 7.25. The minimum Gasteiger partial charge on any atom is -0.493 e. The van der Waals surface area contributed by atoms with Crippen molar-refractivity contribution >= 4 is 5.91 Å². The predicted octanol–water partition coefficient (Wildman–Crippen LogP) is 2.18. The lowest BCUT2D eigenvalue weighted by atomic mass is 10.0. The third-order valence-electron chi connectivity index (χ3n) is 3.31. The minimum absolute atomic E-state index is 0.0470. The molecule has 0 aromatic heterocycles. The van der Waals surface area contributed by atoms with Gasteiger partial charge in [-0.25, -0.2) is 0 Å². The van der Waals surface area contributed by atoms with E-state index in [0.29, 0.717) is 19.4 Å². The Morgan fingerprint density at radius 3 is 2.85 bits per heavy atom. The monoisotopic (exact) mass is 278 g/mol. The van der Waals surface area contributed by atoms with E-state index in [1.54, 1.807) is 7.05 Å². The van der Waals surface area contributed by atoms with E-state index in [9.17, 15) is 4.79 Å². The highest BCUT2D eigenvalue weighted by Crippen LogP contribution is 2.22. The summed E-state index contributed by atoms with van der Waals surface area (Å²) in [6.45, 7) is 4.70. The molecule has 4 nitrogen and oxygen atoms in total. The van der Waals surface area contributed by atoms with Crippen LogP contribution in [0.2, 0.25) is 0 Å². The molecule has 1 aromatic carbocycles. The van der Waals surface area contributed by atoms with E-state index in [1.165, 1.54) is 5.56 Å². The fraction of sp³-hybridized carbons (Fsp3) is 0.562. The summed E-state index contributed by atoms with van der Waals surface area (Å²) in [5.74, 6) is 0.933. The summed E-state index contributed by atoms with van der Waals surface area (Å²) in [6, 6.07) is 6.32. The fourth-order valence-electron chi connectivity index (χ4n) is 1.98. The molecule has 0 heterocycles. The third-order valence-corrected chi connectivity index (χ3v) is 3.31. The SMILES string of the molecule is CCC(N)Cc1cc(C)ccc1OCCCC(=O)NC. The van der Waals surface area contributed by atoms with Crippen LogP contribution < -0.4 is 15.8 Å². The normalized spacial score (nSPS) is 12.0. The van der Waals surface area contributed by atoms with E-state index in [1.807, 2.05) is 12.1 Å². The number of nitrogens with one attached hydrogen (secondary N) is 1. The van der Waals surface area contributed by atoms with Gasteiger partial charge >= 0.3 is 0 Å². The van der Waals surface area contributed by atoms with Crippen LogP contribution in [0.15, 0.2) is 18.2 Å². The molecule has 20 heavy (non-hydrogen) atoms. The fourth-order valence-corrected chi connectivity index (χ4v) is 1.98. The second-order valence-corrected chi connectivity index (χ2v) is 5.11. The van der Waals surface area contributed by atoms with Gasteiger partial charge in [0.1, 0.15) is 5.75 Å². The van der Waals surface area contributed by atoms with Gasteiger partial charge in [0.15, 0.2) is 0 Å². The number of amides is 1. The summed E-state index contributed by atoms with van der Waals surface area (Å²) in [7, 11) is 1.65. The maximum atomic E-state index is 11.1. The number of rotatable bonds is 8. The van der Waals surface area contributed by atoms with Crippen molar-refractivity contribution in [2.24, 2.45) is 5.73 Å². The number of hydrogen-bond acceptors (Lipinski definition) is 3. The zero-order valence-corrected chi connectivity index (χ0v) is 12.7. The van der Waals surface area contributed by atoms with Crippen molar-refractivity contribution in [2.75, 3.05) is 13.7 Å². The molecule has 0 saturated heterocycles. The zero-order valence-electron chi connectivity index (χ0n) is 12.7. The summed E-state index contributed by atoms with van der Waals surface area (Å²) >= 11 is 0. The Bertz CT molecular complexity index is 432. The third kappa shape index (κ3) is 5.61. The van der Waals surface area contributed by atoms with Gasteiger partial charge in [0, 0.05) is 19.5 Å². The van der Waals surface area contributed by atoms with Gasteiger partial charge in [-0.15, -0.1) is 0 Å². The van der Waals surface area contributed by atoms with Gasteiger partial charge in [0.05, 0.1) is 6.61 Å². The van der Waals surface area contributed by atoms with Crippen LogP contribution in [0.5, 0.6) is 5.75 Å². The average molecular weight is 278 g/mol. The molecule has 0 fully saturated rings. The molecule has 0 radical (unpaired) electrons. The van der Waals surface area contributed by atoms with Crippen molar-refractivity contribution in [1.82, 2.24) is 5.32 Å². The van der Waals surface area contributed by atoms with E-state index in [0.717, 1.165) is 24.2 Å². The number of benzene rings is 1. The molecule has 1 unspecified atom stereocenters. The highest BCUT2D eigenvalue weighted by atomic mass is 16.5. The molecule has 1 amide bonds. The number of aryl methyl sites for hydroxylation is 1. The molecule has 112 valence electrons. The quantitative estimate of drug-likeness (QED) is 0.716. The van der Waals surface area contributed by atoms with Crippen molar-refractivity contribution in [1.29, 1.82) is 0 Å². The minimum atomic E-state index is 0.0470. The molecule has 1 rings (SSSR count). The standard InChI is InChI=1S/C16H26N2O2/c1-4-14(17)11-13-10-12(2)7-8-15(13)20-9-5-6-16(19)18-3/h7-8,10,14H,4-6,9,11,17H2,1-3H3,(H,18,19). The second kappa shape index (κ2) is 8.59. The molecule has 0 aliphatic heterocycles. The number of ether oxygens (including phenoxy) is 1. The average Bonchev–Trinajstić information content (AvgIpc) is 2.44. The Morgan fingerprint density at radius 2 is 2.20 bits per heavy atom. The molecule has 0 aliphatic rings. The molecule has 0 bridgehead atoms. The van der Waals surface area contributed by atoms with E-state index >= 15 is 0 Å². The van der Waals surface area contributed by atoms with Crippen LogP contribution >= 0.6 is 0 Å². The van der Waals surface area contributed by atoms with Crippen LogP contribution in [-0.2, 0) is 11.2 Å². The van der Waals surface area contributed by atoms with Gasteiger partial charge in [-0.05, 0) is 37.8 Å². The van der Waals surface area contributed by atoms with E-state index < -0.39 is 0 Å². The van der Waals surface area contributed by atoms with Crippen molar-refractivity contribution in [3.8, 4) is 5.75 Å². The highest BCUT2D eigenvalue weighted by Gasteiger charge is 2.08. The maximum Gasteiger partial charge on any atom is 0.219 e. The number of hydrogen-bond donors (Lipinski definition) is 2. The summed E-state index contributed by atoms with van der Waals surface area (Å²) < 4.78 is 5.80. The Hall–Kier alpha value is -1.55. The number of carbonyl (C=O) groups is 1. The second-order valence-electron chi connectivity index (χ2n) is 5.11. The Kier molecular flexibility index (Phi) is 7.09. The lowest BCUT2D eigenvalue weighted by Crippen LogP contribution is -2.22. The molecule has 0 spiro atoms. The Balaban J connectivity index is 2.57. The molecule has 0 aliphatic carbocycles. The Labute approximate surface area is 121 Å². The van der Waals surface area contributed by atoms with Crippen LogP contribution in [-0.4, -0.2) is 25.6 Å². The van der Waals surface area contributed by atoms with Gasteiger partial charge in [-0.1, -0.05) is 24.6 Å². The molecular formula is C16H26N2O2. The smallest absolute Gasteiger partial charge is 0.219 e. The summed E-state index contributed by atoms with van der Waals surface area (Å²) in [5.41, 5.74) is 8.39. The summed E-state index contributed by atoms with van der Waals surface area (Å²) in [4.78, 5) is 11.1. The number of carbonyl (C=O) groups excluding carboxylic acids is 1. The van der Waals surface area contributed by atoms with Crippen LogP contribution in [0, 0.1) is 6.92 Å². The Morgan fingerprint density at radius 1 is 1.45 bits per heavy atom. The van der Waals surface area contributed by atoms with Crippen LogP contribution in [0.3, 0.4) is 0 Å². The predicted molar refractivity (Wildman–Crippen MR) is 81.9 cm³/mol. The van der Waals surface area contributed by atoms with Crippen LogP contribution in [0.1, 0.15) is 37.3 Å². The van der Waals surface area contributed by atoms with Crippen molar-refractivity contribution in [2.45, 2.75) is 45.6 Å². The molecule has 1 atom stereocenters. The van der Waals surface area contributed by atoms with Crippen molar-refractivity contribution < 1.29 is 9.53 Å². The van der Waals surface area contributed by atoms with Gasteiger partial charge in [0.25, 0.3) is 0 Å².